The molecule has 5 rings (SSSR count). The monoisotopic (exact) mass is 537 g/mol. The SMILES string of the molecule is C=C(c1cc(NCCC(F)(F)F)c2ncc(-c3ccc(C(=O)NC4CC4)c(C)c3)n2n1)c1cc(C)ccc1F. The Morgan fingerprint density at radius 3 is 2.56 bits per heavy atom. The summed E-state index contributed by atoms with van der Waals surface area (Å²) in [5.41, 5.74) is 4.81. The van der Waals surface area contributed by atoms with Gasteiger partial charge >= 0.3 is 6.18 Å². The highest BCUT2D eigenvalue weighted by Gasteiger charge is 2.27. The van der Waals surface area contributed by atoms with Crippen LogP contribution in [0.15, 0.2) is 55.2 Å². The fourth-order valence-corrected chi connectivity index (χ4v) is 4.36. The lowest BCUT2D eigenvalue weighted by Crippen LogP contribution is -2.26. The lowest BCUT2D eigenvalue weighted by atomic mass is 10.0. The highest BCUT2D eigenvalue weighted by atomic mass is 19.4. The Hall–Kier alpha value is -4.21. The molecule has 0 saturated heterocycles. The number of halogens is 4. The summed E-state index contributed by atoms with van der Waals surface area (Å²) >= 11 is 0. The lowest BCUT2D eigenvalue weighted by Gasteiger charge is -2.14. The van der Waals surface area contributed by atoms with Gasteiger partial charge in [0.05, 0.1) is 29.7 Å². The van der Waals surface area contributed by atoms with Crippen molar-refractivity contribution in [3.05, 3.63) is 89.0 Å². The summed E-state index contributed by atoms with van der Waals surface area (Å²) in [7, 11) is 0. The van der Waals surface area contributed by atoms with E-state index in [1.165, 1.54) is 16.6 Å². The number of rotatable bonds is 8. The van der Waals surface area contributed by atoms with Gasteiger partial charge in [-0.1, -0.05) is 24.3 Å². The fraction of sp³-hybridized carbons (Fsp3) is 0.276. The highest BCUT2D eigenvalue weighted by molar-refractivity contribution is 5.96. The Morgan fingerprint density at radius 2 is 1.87 bits per heavy atom. The molecule has 2 aromatic carbocycles. The van der Waals surface area contributed by atoms with Crippen molar-refractivity contribution >= 4 is 22.8 Å². The maximum absolute atomic E-state index is 14.7. The predicted molar refractivity (Wildman–Crippen MR) is 142 cm³/mol. The summed E-state index contributed by atoms with van der Waals surface area (Å²) < 4.78 is 54.7. The number of amides is 1. The van der Waals surface area contributed by atoms with E-state index in [0.29, 0.717) is 28.2 Å². The number of carbonyl (C=O) groups excluding carboxylic acids is 1. The smallest absolute Gasteiger partial charge is 0.382 e. The molecule has 0 bridgehead atoms. The zero-order valence-electron chi connectivity index (χ0n) is 21.5. The molecule has 39 heavy (non-hydrogen) atoms. The molecule has 1 fully saturated rings. The third-order valence-corrected chi connectivity index (χ3v) is 6.63. The molecular weight excluding hydrogens is 510 g/mol. The van der Waals surface area contributed by atoms with Crippen LogP contribution in [-0.4, -0.2) is 39.3 Å². The minimum absolute atomic E-state index is 0.132. The van der Waals surface area contributed by atoms with E-state index in [4.69, 9.17) is 0 Å². The highest BCUT2D eigenvalue weighted by Crippen LogP contribution is 2.31. The van der Waals surface area contributed by atoms with Gasteiger partial charge in [-0.2, -0.15) is 18.3 Å². The van der Waals surface area contributed by atoms with E-state index in [1.807, 2.05) is 19.9 Å². The maximum Gasteiger partial charge on any atom is 0.390 e. The molecule has 0 unspecified atom stereocenters. The molecule has 0 atom stereocenters. The molecule has 6 nitrogen and oxygen atoms in total. The summed E-state index contributed by atoms with van der Waals surface area (Å²) in [6.07, 6.45) is -1.85. The van der Waals surface area contributed by atoms with Crippen LogP contribution in [-0.2, 0) is 0 Å². The summed E-state index contributed by atoms with van der Waals surface area (Å²) in [5, 5.41) is 10.4. The number of hydrogen-bond donors (Lipinski definition) is 2. The molecule has 0 aliphatic heterocycles. The maximum atomic E-state index is 14.7. The van der Waals surface area contributed by atoms with Gasteiger partial charge in [0.25, 0.3) is 5.91 Å². The summed E-state index contributed by atoms with van der Waals surface area (Å²) in [6.45, 7) is 7.32. The molecule has 2 N–H and O–H groups in total. The number of hydrogen-bond acceptors (Lipinski definition) is 4. The van der Waals surface area contributed by atoms with Crippen molar-refractivity contribution in [2.75, 3.05) is 11.9 Å². The number of fused-ring (bicyclic) bond motifs is 1. The number of alkyl halides is 3. The van der Waals surface area contributed by atoms with E-state index in [0.717, 1.165) is 24.0 Å². The third-order valence-electron chi connectivity index (χ3n) is 6.63. The Balaban J connectivity index is 1.57. The molecule has 0 radical (unpaired) electrons. The first-order chi connectivity index (χ1) is 18.5. The van der Waals surface area contributed by atoms with Gasteiger partial charge in [0.2, 0.25) is 0 Å². The molecule has 1 aliphatic carbocycles. The summed E-state index contributed by atoms with van der Waals surface area (Å²) in [6, 6.07) is 11.7. The molecule has 2 aromatic heterocycles. The van der Waals surface area contributed by atoms with E-state index < -0.39 is 18.4 Å². The first-order valence-corrected chi connectivity index (χ1v) is 12.6. The van der Waals surface area contributed by atoms with Gasteiger partial charge in [0.1, 0.15) is 5.82 Å². The van der Waals surface area contributed by atoms with E-state index in [-0.39, 0.29) is 35.3 Å². The van der Waals surface area contributed by atoms with Gasteiger partial charge in [-0.15, -0.1) is 0 Å². The average Bonchev–Trinajstić information content (AvgIpc) is 3.58. The Labute approximate surface area is 222 Å². The Morgan fingerprint density at radius 1 is 1.10 bits per heavy atom. The van der Waals surface area contributed by atoms with E-state index in [9.17, 15) is 22.4 Å². The van der Waals surface area contributed by atoms with Gasteiger partial charge in [-0.05, 0) is 62.6 Å². The predicted octanol–water partition coefficient (Wildman–Crippen LogP) is 6.47. The van der Waals surface area contributed by atoms with E-state index in [1.54, 1.807) is 30.5 Å². The van der Waals surface area contributed by atoms with Crippen LogP contribution in [0.4, 0.5) is 23.2 Å². The zero-order chi connectivity index (χ0) is 27.9. The van der Waals surface area contributed by atoms with Crippen molar-refractivity contribution in [3.8, 4) is 11.3 Å². The molecule has 0 spiro atoms. The second-order valence-electron chi connectivity index (χ2n) is 9.85. The molecular formula is C29H27F4N5O. The van der Waals surface area contributed by atoms with E-state index in [2.05, 4.69) is 27.3 Å². The number of imidazole rings is 1. The van der Waals surface area contributed by atoms with Crippen LogP contribution in [0, 0.1) is 19.7 Å². The second kappa shape index (κ2) is 10.2. The molecule has 1 saturated carbocycles. The number of carbonyl (C=O) groups is 1. The Kier molecular flexibility index (Phi) is 6.88. The number of aromatic nitrogens is 3. The average molecular weight is 538 g/mol. The molecule has 4 aromatic rings. The topological polar surface area (TPSA) is 71.3 Å². The van der Waals surface area contributed by atoms with Gasteiger partial charge in [0.15, 0.2) is 5.65 Å². The number of nitrogens with one attached hydrogen (secondary N) is 2. The lowest BCUT2D eigenvalue weighted by molar-refractivity contribution is -0.131. The van der Waals surface area contributed by atoms with Gasteiger partial charge < -0.3 is 10.6 Å². The first-order valence-electron chi connectivity index (χ1n) is 12.6. The zero-order valence-corrected chi connectivity index (χ0v) is 21.5. The van der Waals surface area contributed by atoms with Crippen LogP contribution >= 0.6 is 0 Å². The van der Waals surface area contributed by atoms with Gasteiger partial charge in [-0.25, -0.2) is 13.9 Å². The number of benzene rings is 2. The standard InChI is InChI=1S/C29H27F4N5O/c1-16-4-9-23(30)22(12-16)18(3)24-14-25(34-11-10-29(31,32)33)27-35-15-26(38(27)37-24)19-5-8-21(17(2)13-19)28(39)36-20-6-7-20/h4-5,8-9,12-15,20,34H,3,6-7,10-11H2,1-2H3,(H,36,39). The molecule has 10 heteroatoms. The fourth-order valence-electron chi connectivity index (χ4n) is 4.36. The van der Waals surface area contributed by atoms with Crippen LogP contribution in [0.3, 0.4) is 0 Å². The second-order valence-corrected chi connectivity index (χ2v) is 9.85. The molecule has 202 valence electrons. The van der Waals surface area contributed by atoms with Crippen molar-refractivity contribution in [1.29, 1.82) is 0 Å². The van der Waals surface area contributed by atoms with Crippen LogP contribution in [0.1, 0.15) is 52.0 Å². The van der Waals surface area contributed by atoms with Crippen LogP contribution in [0.2, 0.25) is 0 Å². The number of aryl methyl sites for hydroxylation is 2. The van der Waals surface area contributed by atoms with Crippen LogP contribution < -0.4 is 10.6 Å². The largest absolute Gasteiger partial charge is 0.390 e. The number of anilines is 1. The van der Waals surface area contributed by atoms with Crippen molar-refractivity contribution in [1.82, 2.24) is 19.9 Å². The minimum Gasteiger partial charge on any atom is -0.382 e. The summed E-state index contributed by atoms with van der Waals surface area (Å²) in [5.74, 6) is -0.617. The molecule has 1 amide bonds. The van der Waals surface area contributed by atoms with Crippen LogP contribution in [0.25, 0.3) is 22.5 Å². The molecule has 2 heterocycles. The van der Waals surface area contributed by atoms with Crippen LogP contribution in [0.5, 0.6) is 0 Å². The van der Waals surface area contributed by atoms with Crippen molar-refractivity contribution in [3.63, 3.8) is 0 Å². The van der Waals surface area contributed by atoms with Crippen molar-refractivity contribution in [2.45, 2.75) is 45.3 Å². The van der Waals surface area contributed by atoms with E-state index >= 15 is 0 Å². The summed E-state index contributed by atoms with van der Waals surface area (Å²) in [4.78, 5) is 17.0. The van der Waals surface area contributed by atoms with Crippen molar-refractivity contribution < 1.29 is 22.4 Å². The quantitative estimate of drug-likeness (QED) is 0.253. The third kappa shape index (κ3) is 5.79. The first kappa shape index (κ1) is 26.4. The van der Waals surface area contributed by atoms with Gasteiger partial charge in [-0.3, -0.25) is 4.79 Å². The molecule has 1 aliphatic rings. The normalized spacial score (nSPS) is 13.5. The van der Waals surface area contributed by atoms with Gasteiger partial charge in [0, 0.05) is 34.9 Å². The minimum atomic E-state index is -4.33. The Bertz CT molecular complexity index is 1590. The number of nitrogens with zero attached hydrogens (tertiary/aromatic N) is 3. The van der Waals surface area contributed by atoms with Crippen molar-refractivity contribution in [2.24, 2.45) is 0 Å².